The summed E-state index contributed by atoms with van der Waals surface area (Å²) in [5, 5.41) is 24.8. The van der Waals surface area contributed by atoms with Crippen molar-refractivity contribution in [1.82, 2.24) is 5.32 Å². The van der Waals surface area contributed by atoms with E-state index in [0.29, 0.717) is 23.9 Å². The largest absolute Gasteiger partial charge is 0.472 e. The van der Waals surface area contributed by atoms with Crippen molar-refractivity contribution in [2.75, 3.05) is 40.9 Å². The Bertz CT molecular complexity index is 1180. The number of aliphatic hydroxyl groups is 2. The van der Waals surface area contributed by atoms with Gasteiger partial charge < -0.3 is 24.9 Å². The van der Waals surface area contributed by atoms with E-state index in [2.05, 4.69) is 31.3 Å². The molecule has 424 valence electrons. The Kier molecular flexibility index (Phi) is 52.0. The molecule has 0 bridgehead atoms. The minimum absolute atomic E-state index is 0.0251. The number of hydrogen-bond acceptors (Lipinski definition) is 6. The van der Waals surface area contributed by atoms with Gasteiger partial charge in [0.15, 0.2) is 0 Å². The highest BCUT2D eigenvalue weighted by molar-refractivity contribution is 7.47. The molecule has 0 aromatic rings. The van der Waals surface area contributed by atoms with Crippen LogP contribution in [0.5, 0.6) is 0 Å². The third-order valence-corrected chi connectivity index (χ3v) is 15.6. The van der Waals surface area contributed by atoms with Crippen LogP contribution in [-0.2, 0) is 18.4 Å². The maximum Gasteiger partial charge on any atom is 0.472 e. The molecule has 9 nitrogen and oxygen atoms in total. The van der Waals surface area contributed by atoms with Crippen LogP contribution in [-0.4, -0.2) is 84.6 Å². The summed E-state index contributed by atoms with van der Waals surface area (Å²) in [6.07, 6.45) is 61.8. The number of phosphoric ester groups is 1. The molecule has 0 rings (SSSR count). The summed E-state index contributed by atoms with van der Waals surface area (Å²) in [5.74, 6) is -0.251. The fourth-order valence-electron chi connectivity index (χ4n) is 9.67. The van der Waals surface area contributed by atoms with Crippen LogP contribution in [0.2, 0.25) is 0 Å². The van der Waals surface area contributed by atoms with Crippen LogP contribution < -0.4 is 5.32 Å². The SMILES string of the molecule is CCCCCCCCCC/C=C\CCCCCCCCCCCCCCCCCCCCCCCCCC(=O)NC(COP(=O)(O)OCC[N+](C)(C)C)C(O)C(O)CCCCCCCCCCCCCC. The molecule has 0 radical (unpaired) electrons. The zero-order valence-corrected chi connectivity index (χ0v) is 49.0. The molecule has 0 aromatic heterocycles. The number of nitrogens with one attached hydrogen (secondary N) is 1. The number of nitrogens with zero attached hydrogens (tertiary/aromatic N) is 1. The summed E-state index contributed by atoms with van der Waals surface area (Å²) >= 11 is 0. The molecule has 0 spiro atoms. The van der Waals surface area contributed by atoms with Crippen molar-refractivity contribution >= 4 is 13.7 Å². The van der Waals surface area contributed by atoms with Crippen LogP contribution in [0.3, 0.4) is 0 Å². The highest BCUT2D eigenvalue weighted by Gasteiger charge is 2.32. The number of amides is 1. The molecule has 0 heterocycles. The minimum atomic E-state index is -4.42. The lowest BCUT2D eigenvalue weighted by molar-refractivity contribution is -0.870. The van der Waals surface area contributed by atoms with Gasteiger partial charge in [-0.3, -0.25) is 13.8 Å². The molecule has 4 unspecified atom stereocenters. The Balaban J connectivity index is 3.96. The molecule has 0 aromatic carbocycles. The smallest absolute Gasteiger partial charge is 0.390 e. The van der Waals surface area contributed by atoms with E-state index in [1.807, 2.05) is 21.1 Å². The number of allylic oxidation sites excluding steroid dienone is 2. The molecule has 0 fully saturated rings. The average molecular weight is 1030 g/mol. The highest BCUT2D eigenvalue weighted by atomic mass is 31.2. The van der Waals surface area contributed by atoms with E-state index in [-0.39, 0.29) is 12.5 Å². The van der Waals surface area contributed by atoms with Crippen LogP contribution >= 0.6 is 7.82 Å². The molecule has 0 aliphatic rings. The Labute approximate surface area is 442 Å². The minimum Gasteiger partial charge on any atom is -0.390 e. The molecular weight excluding hydrogens is 904 g/mol. The van der Waals surface area contributed by atoms with Crippen molar-refractivity contribution in [3.63, 3.8) is 0 Å². The first kappa shape index (κ1) is 70.2. The van der Waals surface area contributed by atoms with E-state index in [0.717, 1.165) is 38.5 Å². The van der Waals surface area contributed by atoms with Crippen LogP contribution in [0.15, 0.2) is 12.2 Å². The van der Waals surface area contributed by atoms with Crippen molar-refractivity contribution in [3.05, 3.63) is 12.2 Å². The number of carbonyl (C=O) groups is 1. The highest BCUT2D eigenvalue weighted by Crippen LogP contribution is 2.43. The van der Waals surface area contributed by atoms with E-state index < -0.39 is 32.7 Å². The first-order chi connectivity index (χ1) is 34.4. The molecule has 0 saturated heterocycles. The van der Waals surface area contributed by atoms with E-state index in [1.165, 1.54) is 250 Å². The summed E-state index contributed by atoms with van der Waals surface area (Å²) in [4.78, 5) is 23.3. The van der Waals surface area contributed by atoms with Gasteiger partial charge in [-0.15, -0.1) is 0 Å². The number of quaternary nitrogens is 1. The number of phosphoric acid groups is 1. The van der Waals surface area contributed by atoms with Gasteiger partial charge in [0, 0.05) is 6.42 Å². The maximum absolute atomic E-state index is 13.0. The van der Waals surface area contributed by atoms with Gasteiger partial charge in [-0.25, -0.2) is 4.57 Å². The van der Waals surface area contributed by atoms with E-state index in [4.69, 9.17) is 9.05 Å². The quantitative estimate of drug-likeness (QED) is 0.0207. The predicted molar refractivity (Wildman–Crippen MR) is 306 cm³/mol. The van der Waals surface area contributed by atoms with Gasteiger partial charge in [0.25, 0.3) is 0 Å². The average Bonchev–Trinajstić information content (AvgIpc) is 3.33. The lowest BCUT2D eigenvalue weighted by Crippen LogP contribution is -2.51. The number of likely N-dealkylation sites (N-methyl/N-ethyl adjacent to an activating group) is 1. The van der Waals surface area contributed by atoms with Gasteiger partial charge in [0.1, 0.15) is 19.3 Å². The third-order valence-electron chi connectivity index (χ3n) is 14.6. The Hall–Kier alpha value is -0.800. The lowest BCUT2D eigenvalue weighted by Gasteiger charge is -2.28. The van der Waals surface area contributed by atoms with Gasteiger partial charge in [0.2, 0.25) is 5.91 Å². The van der Waals surface area contributed by atoms with Crippen molar-refractivity contribution in [2.45, 2.75) is 334 Å². The zero-order valence-electron chi connectivity index (χ0n) is 48.1. The van der Waals surface area contributed by atoms with Crippen molar-refractivity contribution in [2.24, 2.45) is 0 Å². The maximum atomic E-state index is 13.0. The number of hydrogen-bond donors (Lipinski definition) is 4. The molecule has 0 aliphatic heterocycles. The van der Waals surface area contributed by atoms with Gasteiger partial charge in [-0.1, -0.05) is 283 Å². The van der Waals surface area contributed by atoms with E-state index >= 15 is 0 Å². The van der Waals surface area contributed by atoms with Crippen LogP contribution in [0.25, 0.3) is 0 Å². The van der Waals surface area contributed by atoms with Gasteiger partial charge in [0.05, 0.1) is 39.9 Å². The third kappa shape index (κ3) is 53.8. The molecule has 0 saturated carbocycles. The number of carbonyl (C=O) groups excluding carboxylic acids is 1. The van der Waals surface area contributed by atoms with Crippen LogP contribution in [0, 0.1) is 0 Å². The van der Waals surface area contributed by atoms with Gasteiger partial charge >= 0.3 is 7.82 Å². The standard InChI is InChI=1S/C61H123N2O7P/c1-6-8-10-12-14-16-18-20-21-22-23-24-25-26-27-28-29-30-31-32-33-34-35-36-37-38-39-40-41-42-44-46-48-50-52-54-60(65)62-58(57-70-71(67,68)69-56-55-63(3,4)5)61(66)59(64)53-51-49-47-45-43-19-17-15-13-11-9-7-2/h22-23,58-59,61,64,66H,6-21,24-57H2,1-5H3,(H-,62,65,67,68)/p+1/b23-22-. The second kappa shape index (κ2) is 52.6. The van der Waals surface area contributed by atoms with Gasteiger partial charge in [-0.05, 0) is 38.5 Å². The van der Waals surface area contributed by atoms with Crippen molar-refractivity contribution in [1.29, 1.82) is 0 Å². The molecule has 71 heavy (non-hydrogen) atoms. The topological polar surface area (TPSA) is 125 Å². The Morgan fingerprint density at radius 2 is 0.789 bits per heavy atom. The molecule has 0 aliphatic carbocycles. The summed E-state index contributed by atoms with van der Waals surface area (Å²) < 4.78 is 23.6. The normalized spacial score (nSPS) is 14.3. The fourth-order valence-corrected chi connectivity index (χ4v) is 10.4. The van der Waals surface area contributed by atoms with Gasteiger partial charge in [-0.2, -0.15) is 0 Å². The monoisotopic (exact) mass is 1030 g/mol. The molecule has 10 heteroatoms. The first-order valence-electron chi connectivity index (χ1n) is 31.1. The first-order valence-corrected chi connectivity index (χ1v) is 32.6. The lowest BCUT2D eigenvalue weighted by atomic mass is 9.99. The number of aliphatic hydroxyl groups excluding tert-OH is 2. The summed E-state index contributed by atoms with van der Waals surface area (Å²) in [5.41, 5.74) is 0. The Morgan fingerprint density at radius 1 is 0.479 bits per heavy atom. The molecule has 1 amide bonds. The van der Waals surface area contributed by atoms with Crippen LogP contribution in [0.1, 0.15) is 316 Å². The second-order valence-electron chi connectivity index (χ2n) is 22.9. The second-order valence-corrected chi connectivity index (χ2v) is 24.4. The van der Waals surface area contributed by atoms with Crippen molar-refractivity contribution < 1.29 is 38.0 Å². The summed E-state index contributed by atoms with van der Waals surface area (Å²) in [7, 11) is 1.45. The Morgan fingerprint density at radius 3 is 1.13 bits per heavy atom. The zero-order chi connectivity index (χ0) is 52.2. The fraction of sp³-hybridized carbons (Fsp3) is 0.951. The molecular formula is C61H124N2O7P+. The summed E-state index contributed by atoms with van der Waals surface area (Å²) in [6.45, 7) is 4.64. The van der Waals surface area contributed by atoms with Crippen molar-refractivity contribution in [3.8, 4) is 0 Å². The molecule has 4 atom stereocenters. The van der Waals surface area contributed by atoms with Crippen LogP contribution in [0.4, 0.5) is 0 Å². The van der Waals surface area contributed by atoms with E-state index in [9.17, 15) is 24.5 Å². The predicted octanol–water partition coefficient (Wildman–Crippen LogP) is 18.0. The number of rotatable bonds is 58. The molecule has 4 N–H and O–H groups in total. The number of unbranched alkanes of at least 4 members (excludes halogenated alkanes) is 42. The van der Waals surface area contributed by atoms with E-state index in [1.54, 1.807) is 0 Å². The summed E-state index contributed by atoms with van der Waals surface area (Å²) in [6, 6.07) is -1.03.